The standard InChI is InChI=1S/C23H32N4O4/c1-5-24-23(25-12-11-21(28)26-15-17-9-7-6-8-10-17)27-16-18-13-19(29-2)22(31-4)20(14-18)30-3/h6-10,13-14H,5,11-12,15-16H2,1-4H3,(H,26,28)(H2,24,25,27). The topological polar surface area (TPSA) is 93.2 Å². The number of aliphatic imine (C=N–C) groups is 1. The van der Waals surface area contributed by atoms with Crippen LogP contribution in [-0.2, 0) is 17.9 Å². The summed E-state index contributed by atoms with van der Waals surface area (Å²) in [5, 5.41) is 9.29. The van der Waals surface area contributed by atoms with Gasteiger partial charge in [-0.1, -0.05) is 30.3 Å². The molecule has 168 valence electrons. The quantitative estimate of drug-likeness (QED) is 0.376. The van der Waals surface area contributed by atoms with Crippen molar-refractivity contribution in [1.29, 1.82) is 0 Å². The van der Waals surface area contributed by atoms with Gasteiger partial charge in [0.1, 0.15) is 0 Å². The van der Waals surface area contributed by atoms with Gasteiger partial charge in [0.15, 0.2) is 17.5 Å². The number of hydrogen-bond acceptors (Lipinski definition) is 5. The average molecular weight is 429 g/mol. The summed E-state index contributed by atoms with van der Waals surface area (Å²) in [5.41, 5.74) is 1.98. The van der Waals surface area contributed by atoms with Crippen molar-refractivity contribution in [2.75, 3.05) is 34.4 Å². The predicted octanol–water partition coefficient (Wildman–Crippen LogP) is 2.47. The van der Waals surface area contributed by atoms with Gasteiger partial charge in [-0.05, 0) is 30.2 Å². The Morgan fingerprint density at radius 3 is 2.16 bits per heavy atom. The Bertz CT molecular complexity index is 831. The first-order valence-corrected chi connectivity index (χ1v) is 10.2. The molecule has 0 fully saturated rings. The maximum atomic E-state index is 12.1. The Kier molecular flexibility index (Phi) is 10.0. The molecule has 0 radical (unpaired) electrons. The van der Waals surface area contributed by atoms with E-state index in [9.17, 15) is 4.79 Å². The molecule has 0 aliphatic rings. The molecular formula is C23H32N4O4. The molecule has 0 aliphatic heterocycles. The first kappa shape index (κ1) is 23.9. The van der Waals surface area contributed by atoms with Gasteiger partial charge in [0.2, 0.25) is 11.7 Å². The second kappa shape index (κ2) is 13.0. The number of guanidine groups is 1. The van der Waals surface area contributed by atoms with Crippen molar-refractivity contribution >= 4 is 11.9 Å². The van der Waals surface area contributed by atoms with E-state index in [1.165, 1.54) is 0 Å². The van der Waals surface area contributed by atoms with Crippen molar-refractivity contribution < 1.29 is 19.0 Å². The number of methoxy groups -OCH3 is 3. The second-order valence-corrected chi connectivity index (χ2v) is 6.67. The molecule has 0 bridgehead atoms. The minimum absolute atomic E-state index is 0.0168. The van der Waals surface area contributed by atoms with Crippen LogP contribution in [0.2, 0.25) is 0 Å². The van der Waals surface area contributed by atoms with E-state index in [1.54, 1.807) is 21.3 Å². The summed E-state index contributed by atoms with van der Waals surface area (Å²) in [6.07, 6.45) is 0.349. The molecule has 0 saturated heterocycles. The van der Waals surface area contributed by atoms with Gasteiger partial charge in [0, 0.05) is 26.1 Å². The fourth-order valence-electron chi connectivity index (χ4n) is 2.92. The number of hydrogen-bond donors (Lipinski definition) is 3. The molecule has 3 N–H and O–H groups in total. The molecule has 0 aliphatic carbocycles. The van der Waals surface area contributed by atoms with E-state index in [2.05, 4.69) is 20.9 Å². The van der Waals surface area contributed by atoms with Crippen LogP contribution >= 0.6 is 0 Å². The SMILES string of the molecule is CCNC(=NCc1cc(OC)c(OC)c(OC)c1)NCCC(=O)NCc1ccccc1. The van der Waals surface area contributed by atoms with Crippen LogP contribution in [-0.4, -0.2) is 46.3 Å². The van der Waals surface area contributed by atoms with Crippen LogP contribution < -0.4 is 30.2 Å². The summed E-state index contributed by atoms with van der Waals surface area (Å²) in [7, 11) is 4.74. The van der Waals surface area contributed by atoms with E-state index < -0.39 is 0 Å². The second-order valence-electron chi connectivity index (χ2n) is 6.67. The Labute approximate surface area is 184 Å². The molecule has 0 aromatic heterocycles. The monoisotopic (exact) mass is 428 g/mol. The molecule has 2 rings (SSSR count). The van der Waals surface area contributed by atoms with Gasteiger partial charge < -0.3 is 30.2 Å². The van der Waals surface area contributed by atoms with Gasteiger partial charge in [0.25, 0.3) is 0 Å². The van der Waals surface area contributed by atoms with Gasteiger partial charge in [-0.15, -0.1) is 0 Å². The molecule has 8 heteroatoms. The largest absolute Gasteiger partial charge is 0.493 e. The summed E-state index contributed by atoms with van der Waals surface area (Å²) >= 11 is 0. The molecule has 0 atom stereocenters. The van der Waals surface area contributed by atoms with E-state index in [-0.39, 0.29) is 5.91 Å². The fraction of sp³-hybridized carbons (Fsp3) is 0.391. The number of rotatable bonds is 11. The minimum Gasteiger partial charge on any atom is -0.493 e. The molecule has 2 aromatic carbocycles. The Balaban J connectivity index is 1.90. The maximum absolute atomic E-state index is 12.1. The van der Waals surface area contributed by atoms with E-state index in [0.29, 0.717) is 55.8 Å². The van der Waals surface area contributed by atoms with Crippen LogP contribution in [0.1, 0.15) is 24.5 Å². The lowest BCUT2D eigenvalue weighted by atomic mass is 10.2. The summed E-state index contributed by atoms with van der Waals surface area (Å²) in [6, 6.07) is 13.6. The summed E-state index contributed by atoms with van der Waals surface area (Å²) in [4.78, 5) is 16.7. The number of amides is 1. The molecule has 0 heterocycles. The van der Waals surface area contributed by atoms with Crippen molar-refractivity contribution in [2.45, 2.75) is 26.4 Å². The van der Waals surface area contributed by atoms with Gasteiger partial charge >= 0.3 is 0 Å². The van der Waals surface area contributed by atoms with Crippen molar-refractivity contribution in [3.05, 3.63) is 53.6 Å². The number of nitrogens with one attached hydrogen (secondary N) is 3. The van der Waals surface area contributed by atoms with Crippen molar-refractivity contribution in [3.63, 3.8) is 0 Å². The minimum atomic E-state index is -0.0168. The molecule has 0 unspecified atom stereocenters. The highest BCUT2D eigenvalue weighted by Crippen LogP contribution is 2.38. The number of nitrogens with zero attached hydrogens (tertiary/aromatic N) is 1. The van der Waals surface area contributed by atoms with E-state index in [1.807, 2.05) is 49.4 Å². The molecule has 2 aromatic rings. The Morgan fingerprint density at radius 1 is 0.903 bits per heavy atom. The summed E-state index contributed by atoms with van der Waals surface area (Å²) < 4.78 is 16.1. The van der Waals surface area contributed by atoms with Crippen LogP contribution in [0.5, 0.6) is 17.2 Å². The zero-order valence-electron chi connectivity index (χ0n) is 18.7. The molecule has 0 saturated carbocycles. The van der Waals surface area contributed by atoms with Crippen molar-refractivity contribution in [3.8, 4) is 17.2 Å². The van der Waals surface area contributed by atoms with Gasteiger partial charge in [-0.2, -0.15) is 0 Å². The maximum Gasteiger partial charge on any atom is 0.222 e. The molecule has 31 heavy (non-hydrogen) atoms. The average Bonchev–Trinajstić information content (AvgIpc) is 2.81. The summed E-state index contributed by atoms with van der Waals surface area (Å²) in [6.45, 7) is 4.10. The molecule has 0 spiro atoms. The van der Waals surface area contributed by atoms with Crippen LogP contribution in [0.3, 0.4) is 0 Å². The number of benzene rings is 2. The van der Waals surface area contributed by atoms with Crippen LogP contribution in [0, 0.1) is 0 Å². The zero-order valence-corrected chi connectivity index (χ0v) is 18.7. The van der Waals surface area contributed by atoms with Crippen LogP contribution in [0.4, 0.5) is 0 Å². The van der Waals surface area contributed by atoms with Gasteiger partial charge in [-0.25, -0.2) is 4.99 Å². The zero-order chi connectivity index (χ0) is 22.5. The fourth-order valence-corrected chi connectivity index (χ4v) is 2.92. The third-order valence-corrected chi connectivity index (χ3v) is 4.47. The third-order valence-electron chi connectivity index (χ3n) is 4.47. The normalized spacial score (nSPS) is 10.9. The third kappa shape index (κ3) is 7.73. The highest BCUT2D eigenvalue weighted by atomic mass is 16.5. The van der Waals surface area contributed by atoms with E-state index >= 15 is 0 Å². The van der Waals surface area contributed by atoms with E-state index in [0.717, 1.165) is 11.1 Å². The van der Waals surface area contributed by atoms with Crippen molar-refractivity contribution in [2.24, 2.45) is 4.99 Å². The number of carbonyl (C=O) groups excluding carboxylic acids is 1. The molecular weight excluding hydrogens is 396 g/mol. The lowest BCUT2D eigenvalue weighted by Gasteiger charge is -2.14. The van der Waals surface area contributed by atoms with Crippen LogP contribution in [0.25, 0.3) is 0 Å². The number of ether oxygens (including phenoxy) is 3. The molecule has 1 amide bonds. The Hall–Kier alpha value is -3.42. The van der Waals surface area contributed by atoms with E-state index in [4.69, 9.17) is 14.2 Å². The van der Waals surface area contributed by atoms with Crippen molar-refractivity contribution in [1.82, 2.24) is 16.0 Å². The lowest BCUT2D eigenvalue weighted by molar-refractivity contribution is -0.121. The highest BCUT2D eigenvalue weighted by Gasteiger charge is 2.13. The van der Waals surface area contributed by atoms with Crippen LogP contribution in [0.15, 0.2) is 47.5 Å². The summed E-state index contributed by atoms with van der Waals surface area (Å²) in [5.74, 6) is 2.33. The van der Waals surface area contributed by atoms with Gasteiger partial charge in [-0.3, -0.25) is 4.79 Å². The first-order valence-electron chi connectivity index (χ1n) is 10.2. The first-order chi connectivity index (χ1) is 15.1. The highest BCUT2D eigenvalue weighted by molar-refractivity contribution is 5.81. The lowest BCUT2D eigenvalue weighted by Crippen LogP contribution is -2.39. The predicted molar refractivity (Wildman–Crippen MR) is 122 cm³/mol. The molecule has 8 nitrogen and oxygen atoms in total. The van der Waals surface area contributed by atoms with Gasteiger partial charge in [0.05, 0.1) is 27.9 Å². The Morgan fingerprint density at radius 2 is 1.58 bits per heavy atom. The smallest absolute Gasteiger partial charge is 0.222 e. The number of carbonyl (C=O) groups is 1.